The van der Waals surface area contributed by atoms with Crippen LogP contribution in [0.1, 0.15) is 31.7 Å². The smallest absolute Gasteiger partial charge is 0.276 e. The molecule has 0 N–H and O–H groups in total. The molecule has 28 heavy (non-hydrogen) atoms. The van der Waals surface area contributed by atoms with Gasteiger partial charge in [-0.15, -0.1) is 11.3 Å². The zero-order chi connectivity index (χ0) is 19.7. The summed E-state index contributed by atoms with van der Waals surface area (Å²) in [7, 11) is 0. The van der Waals surface area contributed by atoms with Crippen LogP contribution in [0.2, 0.25) is 0 Å². The van der Waals surface area contributed by atoms with E-state index in [9.17, 15) is 9.59 Å². The number of fused-ring (bicyclic) bond motifs is 1. The van der Waals surface area contributed by atoms with E-state index in [1.165, 1.54) is 29.5 Å². The quantitative estimate of drug-likeness (QED) is 0.474. The van der Waals surface area contributed by atoms with Gasteiger partial charge in [0, 0.05) is 12.6 Å². The van der Waals surface area contributed by atoms with Crippen LogP contribution in [-0.4, -0.2) is 38.7 Å². The van der Waals surface area contributed by atoms with Gasteiger partial charge in [0.2, 0.25) is 5.91 Å². The lowest BCUT2D eigenvalue weighted by Gasteiger charge is -2.33. The van der Waals surface area contributed by atoms with E-state index in [0.29, 0.717) is 15.4 Å². The van der Waals surface area contributed by atoms with Crippen molar-refractivity contribution < 1.29 is 4.79 Å². The molecule has 5 nitrogen and oxygen atoms in total. The van der Waals surface area contributed by atoms with Crippen molar-refractivity contribution in [2.45, 2.75) is 44.3 Å². The van der Waals surface area contributed by atoms with Crippen LogP contribution in [0.25, 0.3) is 15.9 Å². The maximum absolute atomic E-state index is 13.1. The minimum absolute atomic E-state index is 0.0770. The van der Waals surface area contributed by atoms with Gasteiger partial charge in [-0.05, 0) is 62.3 Å². The summed E-state index contributed by atoms with van der Waals surface area (Å²) in [6, 6.07) is 9.97. The van der Waals surface area contributed by atoms with Crippen molar-refractivity contribution >= 4 is 39.2 Å². The molecule has 1 atom stereocenters. The molecule has 0 unspecified atom stereocenters. The monoisotopic (exact) mass is 413 g/mol. The number of thiophene rings is 1. The van der Waals surface area contributed by atoms with E-state index in [1.807, 2.05) is 47.5 Å². The molecule has 1 aliphatic rings. The first-order valence-electron chi connectivity index (χ1n) is 9.54. The molecule has 0 radical (unpaired) electrons. The summed E-state index contributed by atoms with van der Waals surface area (Å²) in [5, 5.41) is 2.45. The van der Waals surface area contributed by atoms with Crippen molar-refractivity contribution in [3.05, 3.63) is 51.6 Å². The molecule has 0 saturated carbocycles. The highest BCUT2D eigenvalue weighted by molar-refractivity contribution is 7.99. The highest BCUT2D eigenvalue weighted by atomic mass is 32.2. The Morgan fingerprint density at radius 1 is 1.32 bits per heavy atom. The SMILES string of the molecule is Cc1cccc(-n2c(SCC(=O)N3CCCC[C@H]3C)nc3ccsc3c2=O)c1. The fraction of sp³-hybridized carbons (Fsp3) is 0.381. The Morgan fingerprint density at radius 2 is 2.18 bits per heavy atom. The van der Waals surface area contributed by atoms with Crippen LogP contribution in [0, 0.1) is 6.92 Å². The Kier molecular flexibility index (Phi) is 5.55. The first kappa shape index (κ1) is 19.2. The Bertz CT molecular complexity index is 1070. The van der Waals surface area contributed by atoms with Crippen LogP contribution in [0.3, 0.4) is 0 Å². The van der Waals surface area contributed by atoms with Gasteiger partial charge in [-0.3, -0.25) is 14.2 Å². The third-order valence-corrected chi connectivity index (χ3v) is 6.97. The zero-order valence-electron chi connectivity index (χ0n) is 16.1. The molecule has 0 bridgehead atoms. The largest absolute Gasteiger partial charge is 0.339 e. The zero-order valence-corrected chi connectivity index (χ0v) is 17.7. The number of amides is 1. The van der Waals surface area contributed by atoms with Gasteiger partial charge in [0.1, 0.15) is 4.70 Å². The third-order valence-electron chi connectivity index (χ3n) is 5.16. The van der Waals surface area contributed by atoms with Crippen molar-refractivity contribution in [3.63, 3.8) is 0 Å². The molecule has 1 aromatic carbocycles. The molecule has 1 amide bonds. The summed E-state index contributed by atoms with van der Waals surface area (Å²) in [4.78, 5) is 32.6. The summed E-state index contributed by atoms with van der Waals surface area (Å²) in [5.41, 5.74) is 2.48. The molecular weight excluding hydrogens is 390 g/mol. The first-order chi connectivity index (χ1) is 13.5. The lowest BCUT2D eigenvalue weighted by atomic mass is 10.0. The van der Waals surface area contributed by atoms with Crippen LogP contribution >= 0.6 is 23.1 Å². The van der Waals surface area contributed by atoms with E-state index in [4.69, 9.17) is 4.98 Å². The number of piperidine rings is 1. The number of thioether (sulfide) groups is 1. The average Bonchev–Trinajstić information content (AvgIpc) is 3.15. The summed E-state index contributed by atoms with van der Waals surface area (Å²) in [6.07, 6.45) is 3.30. The maximum Gasteiger partial charge on any atom is 0.276 e. The molecule has 3 aromatic rings. The second-order valence-electron chi connectivity index (χ2n) is 7.23. The number of rotatable bonds is 4. The number of nitrogens with zero attached hydrogens (tertiary/aromatic N) is 3. The maximum atomic E-state index is 13.1. The lowest BCUT2D eigenvalue weighted by molar-refractivity contribution is -0.131. The molecular formula is C21H23N3O2S2. The second kappa shape index (κ2) is 8.09. The van der Waals surface area contributed by atoms with Gasteiger partial charge in [-0.2, -0.15) is 0 Å². The number of hydrogen-bond acceptors (Lipinski definition) is 5. The van der Waals surface area contributed by atoms with Gasteiger partial charge < -0.3 is 4.90 Å². The molecule has 146 valence electrons. The van der Waals surface area contributed by atoms with Crippen molar-refractivity contribution in [2.24, 2.45) is 0 Å². The molecule has 3 heterocycles. The summed E-state index contributed by atoms with van der Waals surface area (Å²) >= 11 is 2.75. The normalized spacial score (nSPS) is 17.2. The number of hydrogen-bond donors (Lipinski definition) is 0. The van der Waals surface area contributed by atoms with Crippen LogP contribution in [0.5, 0.6) is 0 Å². The van der Waals surface area contributed by atoms with Crippen LogP contribution in [0.15, 0.2) is 45.7 Å². The molecule has 1 saturated heterocycles. The second-order valence-corrected chi connectivity index (χ2v) is 9.09. The minimum Gasteiger partial charge on any atom is -0.339 e. The molecule has 4 rings (SSSR count). The van der Waals surface area contributed by atoms with Crippen LogP contribution in [-0.2, 0) is 4.79 Å². The highest BCUT2D eigenvalue weighted by Gasteiger charge is 2.24. The molecule has 2 aromatic heterocycles. The van der Waals surface area contributed by atoms with Crippen LogP contribution in [0.4, 0.5) is 0 Å². The number of aromatic nitrogens is 2. The van der Waals surface area contributed by atoms with E-state index in [1.54, 1.807) is 4.57 Å². The van der Waals surface area contributed by atoms with Gasteiger partial charge in [0.15, 0.2) is 5.16 Å². The van der Waals surface area contributed by atoms with Gasteiger partial charge in [-0.1, -0.05) is 23.9 Å². The Hall–Kier alpha value is -2.12. The third kappa shape index (κ3) is 3.73. The van der Waals surface area contributed by atoms with E-state index < -0.39 is 0 Å². The van der Waals surface area contributed by atoms with Crippen molar-refractivity contribution in [3.8, 4) is 5.69 Å². The van der Waals surface area contributed by atoms with E-state index in [2.05, 4.69) is 6.92 Å². The number of benzene rings is 1. The van der Waals surface area contributed by atoms with Gasteiger partial charge in [-0.25, -0.2) is 4.98 Å². The summed E-state index contributed by atoms with van der Waals surface area (Å²) in [6.45, 7) is 4.93. The minimum atomic E-state index is -0.0770. The fourth-order valence-corrected chi connectivity index (χ4v) is 5.32. The molecule has 1 aliphatic heterocycles. The number of carbonyl (C=O) groups is 1. The Morgan fingerprint density at radius 3 is 2.96 bits per heavy atom. The molecule has 0 aliphatic carbocycles. The average molecular weight is 414 g/mol. The van der Waals surface area contributed by atoms with Crippen molar-refractivity contribution in [1.29, 1.82) is 0 Å². The van der Waals surface area contributed by atoms with Crippen molar-refractivity contribution in [1.82, 2.24) is 14.5 Å². The molecule has 1 fully saturated rings. The number of carbonyl (C=O) groups excluding carboxylic acids is 1. The topological polar surface area (TPSA) is 55.2 Å². The van der Waals surface area contributed by atoms with E-state index in [-0.39, 0.29) is 23.3 Å². The predicted octanol–water partition coefficient (Wildman–Crippen LogP) is 4.25. The van der Waals surface area contributed by atoms with Gasteiger partial charge >= 0.3 is 0 Å². The van der Waals surface area contributed by atoms with Gasteiger partial charge in [0.25, 0.3) is 5.56 Å². The van der Waals surface area contributed by atoms with Crippen LogP contribution < -0.4 is 5.56 Å². The Balaban J connectivity index is 1.68. The lowest BCUT2D eigenvalue weighted by Crippen LogP contribution is -2.43. The van der Waals surface area contributed by atoms with E-state index in [0.717, 1.165) is 30.6 Å². The standard InChI is InChI=1S/C21H23N3O2S2/c1-14-6-5-8-16(12-14)24-20(26)19-17(9-11-27-19)22-21(24)28-13-18(25)23-10-4-3-7-15(23)2/h5-6,8-9,11-12,15H,3-4,7,10,13H2,1-2H3/t15-/m1/s1. The van der Waals surface area contributed by atoms with Gasteiger partial charge in [0.05, 0.1) is 17.0 Å². The number of aryl methyl sites for hydroxylation is 1. The fourth-order valence-electron chi connectivity index (χ4n) is 3.66. The van der Waals surface area contributed by atoms with Crippen molar-refractivity contribution in [2.75, 3.05) is 12.3 Å². The number of likely N-dealkylation sites (tertiary alicyclic amines) is 1. The first-order valence-corrected chi connectivity index (χ1v) is 11.4. The highest BCUT2D eigenvalue weighted by Crippen LogP contribution is 2.25. The van der Waals surface area contributed by atoms with E-state index >= 15 is 0 Å². The molecule has 7 heteroatoms. The summed E-state index contributed by atoms with van der Waals surface area (Å²) in [5.74, 6) is 0.408. The Labute approximate surface area is 172 Å². The molecule has 0 spiro atoms. The predicted molar refractivity (Wildman–Crippen MR) is 116 cm³/mol. The summed E-state index contributed by atoms with van der Waals surface area (Å²) < 4.78 is 2.28.